The molecule has 0 saturated carbocycles. The van der Waals surface area contributed by atoms with Crippen molar-refractivity contribution in [3.8, 4) is 5.75 Å². The Morgan fingerprint density at radius 2 is 1.11 bits per heavy atom. The Morgan fingerprint density at radius 3 is 1.70 bits per heavy atom. The molecule has 5 aromatic rings. The number of unbranched alkanes of at least 4 members (excludes halogenated alkanes) is 2. The molecule has 18 N–H and O–H groups in total. The molecule has 3 fully saturated rings. The van der Waals surface area contributed by atoms with Crippen LogP contribution in [0.4, 0.5) is 4.39 Å². The fourth-order valence-corrected chi connectivity index (χ4v) is 17.6. The lowest BCUT2D eigenvalue weighted by Gasteiger charge is -2.36. The number of likely N-dealkylation sites (N-methyl/N-ethyl adjacent to an activating group) is 3. The van der Waals surface area contributed by atoms with Gasteiger partial charge in [-0.25, -0.2) is 4.39 Å². The molecule has 3 saturated heterocycles. The van der Waals surface area contributed by atoms with Gasteiger partial charge in [-0.2, -0.15) is 0 Å². The molecule has 714 valence electrons. The van der Waals surface area contributed by atoms with Crippen molar-refractivity contribution in [2.45, 2.75) is 242 Å². The molecule has 5 heterocycles. The lowest BCUT2D eigenvalue weighted by Crippen LogP contribution is -2.60. The van der Waals surface area contributed by atoms with Crippen LogP contribution in [0.3, 0.4) is 0 Å². The number of amides is 16. The highest BCUT2D eigenvalue weighted by molar-refractivity contribution is 8.00. The van der Waals surface area contributed by atoms with Crippen molar-refractivity contribution in [1.29, 1.82) is 0 Å². The smallest absolute Gasteiger partial charge is 0.246 e. The van der Waals surface area contributed by atoms with Crippen LogP contribution in [0.5, 0.6) is 5.75 Å². The van der Waals surface area contributed by atoms with E-state index in [9.17, 15) is 52.7 Å². The highest BCUT2D eigenvalue weighted by Gasteiger charge is 2.47. The van der Waals surface area contributed by atoms with Crippen LogP contribution in [0.1, 0.15) is 161 Å². The topological polar surface area (TPSA) is 565 Å². The summed E-state index contributed by atoms with van der Waals surface area (Å²) in [6, 6.07) is 2.67. The Labute approximate surface area is 764 Å². The van der Waals surface area contributed by atoms with Gasteiger partial charge in [0.25, 0.3) is 0 Å². The second-order valence-electron chi connectivity index (χ2n) is 34.5. The second-order valence-corrected chi connectivity index (χ2v) is 35.6. The van der Waals surface area contributed by atoms with Gasteiger partial charge < -0.3 is 105 Å². The van der Waals surface area contributed by atoms with Crippen LogP contribution in [-0.4, -0.2) is 285 Å². The minimum atomic E-state index is -1.85. The fraction of sp³-hybridized carbons (Fsp3) is 0.560. The number of hydrogen-bond acceptors (Lipinski definition) is 21. The third kappa shape index (κ3) is 29.1. The molecule has 131 heavy (non-hydrogen) atoms. The van der Waals surface area contributed by atoms with Gasteiger partial charge in [-0.3, -0.25) is 86.3 Å². The number of aromatic amines is 2. The lowest BCUT2D eigenvalue weighted by atomic mass is 9.88. The molecule has 40 heteroatoms. The number of para-hydroxylation sites is 2. The molecule has 0 unspecified atom stereocenters. The number of nitrogens with one attached hydrogen (secondary N) is 10. The lowest BCUT2D eigenvalue weighted by molar-refractivity contribution is -0.150. The summed E-state index contributed by atoms with van der Waals surface area (Å²) in [7, 11) is 5.48. The molecule has 3 aliphatic heterocycles. The molecular weight excluding hydrogens is 1710 g/mol. The van der Waals surface area contributed by atoms with Crippen LogP contribution >= 0.6 is 11.8 Å². The van der Waals surface area contributed by atoms with E-state index in [0.29, 0.717) is 64.5 Å². The monoisotopic (exact) mass is 1840 g/mol. The van der Waals surface area contributed by atoms with Crippen molar-refractivity contribution in [2.24, 2.45) is 40.7 Å². The van der Waals surface area contributed by atoms with E-state index in [1.54, 1.807) is 80.8 Å². The number of carbonyl (C=O) groups excluding carboxylic acids is 18. The number of rotatable bonds is 25. The zero-order valence-corrected chi connectivity index (χ0v) is 76.9. The molecule has 3 aromatic carbocycles. The van der Waals surface area contributed by atoms with E-state index >= 15 is 38.0 Å². The Hall–Kier alpha value is -12.4. The van der Waals surface area contributed by atoms with Gasteiger partial charge in [0, 0.05) is 105 Å². The summed E-state index contributed by atoms with van der Waals surface area (Å²) in [6.45, 7) is 8.36. The highest BCUT2D eigenvalue weighted by atomic mass is 32.2. The Kier molecular flexibility index (Phi) is 39.4. The number of fused-ring (bicyclic) bond motifs is 4. The molecule has 0 spiro atoms. The van der Waals surface area contributed by atoms with Gasteiger partial charge in [-0.05, 0) is 125 Å². The summed E-state index contributed by atoms with van der Waals surface area (Å²) < 4.78 is 21.6. The van der Waals surface area contributed by atoms with E-state index in [1.165, 1.54) is 51.9 Å². The average Bonchev–Trinajstić information content (AvgIpc) is 1.76. The highest BCUT2D eigenvalue weighted by Crippen LogP contribution is 2.32. The number of H-pyrrole nitrogens is 2. The number of halogens is 1. The van der Waals surface area contributed by atoms with Gasteiger partial charge in [-0.15, -0.1) is 11.8 Å². The number of Topliss-reactive ketones (excluding diaryl/α,β-unsaturated/α-hetero) is 2. The maximum atomic E-state index is 16.2. The number of nitrogens with zero attached hydrogens (tertiary/aromatic N) is 5. The predicted octanol–water partition coefficient (Wildman–Crippen LogP) is 0.945. The van der Waals surface area contributed by atoms with E-state index in [-0.39, 0.29) is 77.3 Å². The number of primary amides is 3. The molecule has 2 aromatic heterocycles. The number of ketones is 2. The first-order chi connectivity index (χ1) is 62.3. The number of thioether (sulfide) groups is 1. The maximum Gasteiger partial charge on any atom is 0.246 e. The molecule has 16 amide bonds. The summed E-state index contributed by atoms with van der Waals surface area (Å²) in [5.41, 5.74) is 25.9. The first-order valence-electron chi connectivity index (χ1n) is 44.6. The van der Waals surface area contributed by atoms with E-state index in [0.717, 1.165) is 31.8 Å². The Bertz CT molecular complexity index is 4930. The predicted molar refractivity (Wildman–Crippen MR) is 485 cm³/mol. The molecule has 0 aliphatic carbocycles. The van der Waals surface area contributed by atoms with E-state index in [4.69, 9.17) is 27.7 Å². The Balaban J connectivity index is 1.18. The minimum Gasteiger partial charge on any atom is -0.497 e. The van der Waals surface area contributed by atoms with Crippen molar-refractivity contribution in [2.75, 3.05) is 65.9 Å². The minimum absolute atomic E-state index is 0.0192. The van der Waals surface area contributed by atoms with Crippen molar-refractivity contribution in [1.82, 2.24) is 77.0 Å². The summed E-state index contributed by atoms with van der Waals surface area (Å²) in [6.07, 6.45) is -0.404. The van der Waals surface area contributed by atoms with Gasteiger partial charge >= 0.3 is 0 Å². The number of benzene rings is 3. The maximum absolute atomic E-state index is 16.2. The first-order valence-corrected chi connectivity index (χ1v) is 45.8. The van der Waals surface area contributed by atoms with Crippen LogP contribution in [-0.2, 0) is 106 Å². The average molecular weight is 1840 g/mol. The molecule has 3 aliphatic rings. The van der Waals surface area contributed by atoms with Gasteiger partial charge in [0.1, 0.15) is 72.3 Å². The first kappa shape index (κ1) is 104. The summed E-state index contributed by atoms with van der Waals surface area (Å²) in [5.74, 6) is -19.6. The number of alkyl halides is 1. The number of nitrogens with two attached hydrogens (primary N) is 4. The zero-order valence-electron chi connectivity index (χ0n) is 76.1. The van der Waals surface area contributed by atoms with Gasteiger partial charge in [0.2, 0.25) is 94.5 Å². The van der Waals surface area contributed by atoms with Gasteiger partial charge in [-0.1, -0.05) is 102 Å². The van der Waals surface area contributed by atoms with Crippen molar-refractivity contribution in [3.63, 3.8) is 0 Å². The third-order valence-electron chi connectivity index (χ3n) is 24.2. The third-order valence-corrected chi connectivity index (χ3v) is 25.2. The Morgan fingerprint density at radius 1 is 0.550 bits per heavy atom. The van der Waals surface area contributed by atoms with E-state index in [2.05, 4.69) is 52.5 Å². The van der Waals surface area contributed by atoms with Crippen LogP contribution in [0.25, 0.3) is 21.8 Å². The van der Waals surface area contributed by atoms with E-state index in [1.807, 2.05) is 32.0 Å². The van der Waals surface area contributed by atoms with E-state index < -0.39 is 259 Å². The molecule has 38 nitrogen and oxygen atoms in total. The van der Waals surface area contributed by atoms with Gasteiger partial charge in [0.05, 0.1) is 50.9 Å². The second kappa shape index (κ2) is 49.6. The number of methoxy groups -OCH3 is 1. The van der Waals surface area contributed by atoms with Crippen molar-refractivity contribution >= 4 is 140 Å². The SMILES string of the molecule is CCCC[C@H]1C(=O)N(C)[C@@H](CCCC)C(=O)N[C@@H](CCCN)C(=O)N[C@H](C(=O)NCC(N)=O)CSCC(=O)N[C@@H](Cc2ccc(OC)cc2)C(=O)N(C)[C@@H](C)C(=O)N[C@@H](CC(N)=O)C(=O)N2CCC[C@H]2C(=O)N[C@@H](CC(N)=O)C(=O)N[C@@H](CC(C)C)C(=O)N2C[C@H](F)C[C@H]2C(=O)C[C@@H](Cc2c[nH]c3ccccc23)C(=O)N[C@@H](C)C(=O)C[C@@H](Cc2c[nH]c3ccccc23)C(=O)N1C. The summed E-state index contributed by atoms with van der Waals surface area (Å²) in [5, 5.41) is 22.2. The zero-order chi connectivity index (χ0) is 96.2. The molecule has 0 radical (unpaired) electrons. The number of hydrogen-bond donors (Lipinski definition) is 14. The number of carbonyl (C=O) groups is 18. The largest absolute Gasteiger partial charge is 0.497 e. The summed E-state index contributed by atoms with van der Waals surface area (Å²) in [4.78, 5) is 273. The number of aromatic nitrogens is 2. The normalized spacial score (nSPS) is 25.3. The molecule has 8 rings (SSSR count). The molecule has 15 atom stereocenters. The van der Waals surface area contributed by atoms with Crippen LogP contribution in [0.15, 0.2) is 85.2 Å². The fourth-order valence-electron chi connectivity index (χ4n) is 16.8. The van der Waals surface area contributed by atoms with Crippen LogP contribution in [0, 0.1) is 17.8 Å². The summed E-state index contributed by atoms with van der Waals surface area (Å²) >= 11 is 0.799. The van der Waals surface area contributed by atoms with Crippen molar-refractivity contribution < 1.29 is 95.4 Å². The van der Waals surface area contributed by atoms with Gasteiger partial charge in [0.15, 0.2) is 11.6 Å². The number of ether oxygens (including phenoxy) is 1. The standard InChI is InChI=1S/C91H128FN19O19S/c1-11-13-26-70-85(123)102-64(25-19-33-93)83(121)106-69(82(120)99-46-78(96)116)48-131-49-79(117)101-67(36-53-29-31-59(130-10)32-30-53)88(126)107(7)52(6)80(118)104-68(43-77(95)115)89(127)110-34-20-28-71(110)86(124)103-65(42-76(94)114)84(122)105-66(35-50(3)4)90(128)111-47-58(92)41-73(111)75(113)39-54(37-56-44-97-62-23-17-15-21-60(56)62)81(119)100-51(5)74(112)40-55(38-57-45-98-63-24-18-16-22-61(57)63)87(125)109(9)72(27-14-12-2)91(129)108(70)8/h15-18,21-24,29-32,44-45,50-52,54-55,58,64-73,97-98H,11-14,19-20,25-28,33-43,46-49,93H2,1-10H3,(H2,94,114)(H2,95,115)(H2,96,116)(H,99,120)(H,100,119)(H,101,117)(H,102,123)(H,103,124)(H,104,118)(H,105,122)(H,106,121)/t51-,52-,54+,55+,58+,64-,65-,66-,67-,68-,69-,70-,71-,72-,73-/m0/s1. The quantitative estimate of drug-likeness (QED) is 0.0387. The molecular formula is C91H128FN19O19S. The van der Waals surface area contributed by atoms with Crippen LogP contribution < -0.4 is 70.2 Å². The van der Waals surface area contributed by atoms with Crippen molar-refractivity contribution in [3.05, 3.63) is 102 Å². The van der Waals surface area contributed by atoms with Crippen LogP contribution in [0.2, 0.25) is 0 Å². The molecule has 0 bridgehead atoms.